The maximum atomic E-state index is 11.5. The molecule has 3 nitrogen and oxygen atoms in total. The van der Waals surface area contributed by atoms with Gasteiger partial charge in [0, 0.05) is 0 Å². The molecule has 1 rings (SSSR count). The van der Waals surface area contributed by atoms with Crippen molar-refractivity contribution in [3.63, 3.8) is 0 Å². The van der Waals surface area contributed by atoms with Gasteiger partial charge in [-0.2, -0.15) is 0 Å². The van der Waals surface area contributed by atoms with Crippen LogP contribution >= 0.6 is 11.6 Å². The first-order valence-electron chi connectivity index (χ1n) is 6.11. The molecule has 1 amide bonds. The molecule has 0 bridgehead atoms. The van der Waals surface area contributed by atoms with Crippen molar-refractivity contribution in [1.29, 1.82) is 0 Å². The largest absolute Gasteiger partial charge is 0.491 e. The SMILES string of the molecule is CC(C)Oc1ccc(C(C)NC(=O)C(C)Cl)cc1. The van der Waals surface area contributed by atoms with Crippen molar-refractivity contribution in [3.05, 3.63) is 29.8 Å². The Balaban J connectivity index is 2.64. The third kappa shape index (κ3) is 4.57. The highest BCUT2D eigenvalue weighted by atomic mass is 35.5. The van der Waals surface area contributed by atoms with Crippen molar-refractivity contribution >= 4 is 17.5 Å². The topological polar surface area (TPSA) is 38.3 Å². The molecule has 4 heteroatoms. The summed E-state index contributed by atoms with van der Waals surface area (Å²) in [6.07, 6.45) is 0.157. The van der Waals surface area contributed by atoms with Crippen LogP contribution in [0.4, 0.5) is 0 Å². The number of nitrogens with one attached hydrogen (secondary N) is 1. The van der Waals surface area contributed by atoms with Crippen molar-refractivity contribution in [2.45, 2.75) is 45.2 Å². The molecule has 0 aliphatic heterocycles. The zero-order valence-electron chi connectivity index (χ0n) is 11.2. The third-order valence-electron chi connectivity index (χ3n) is 2.47. The summed E-state index contributed by atoms with van der Waals surface area (Å²) in [5, 5.41) is 2.33. The zero-order chi connectivity index (χ0) is 13.7. The molecule has 0 heterocycles. The fraction of sp³-hybridized carbons (Fsp3) is 0.500. The number of carbonyl (C=O) groups excluding carboxylic acids is 1. The summed E-state index contributed by atoms with van der Waals surface area (Å²) in [5.41, 5.74) is 1.02. The van der Waals surface area contributed by atoms with Crippen molar-refractivity contribution in [3.8, 4) is 5.75 Å². The van der Waals surface area contributed by atoms with E-state index in [0.29, 0.717) is 0 Å². The fourth-order valence-electron chi connectivity index (χ4n) is 1.52. The van der Waals surface area contributed by atoms with E-state index in [-0.39, 0.29) is 18.1 Å². The Morgan fingerprint density at radius 2 is 1.72 bits per heavy atom. The van der Waals surface area contributed by atoms with Gasteiger partial charge in [-0.1, -0.05) is 12.1 Å². The number of alkyl halides is 1. The molecular formula is C14H20ClNO2. The number of amides is 1. The van der Waals surface area contributed by atoms with E-state index in [9.17, 15) is 4.79 Å². The highest BCUT2D eigenvalue weighted by Crippen LogP contribution is 2.18. The van der Waals surface area contributed by atoms with E-state index in [1.54, 1.807) is 6.92 Å². The normalized spacial score (nSPS) is 14.1. The van der Waals surface area contributed by atoms with Crippen LogP contribution in [0.1, 0.15) is 39.3 Å². The number of hydrogen-bond donors (Lipinski definition) is 1. The van der Waals surface area contributed by atoms with E-state index in [4.69, 9.17) is 16.3 Å². The Bertz CT molecular complexity index is 387. The number of hydrogen-bond acceptors (Lipinski definition) is 2. The van der Waals surface area contributed by atoms with E-state index in [0.717, 1.165) is 11.3 Å². The van der Waals surface area contributed by atoms with Crippen LogP contribution < -0.4 is 10.1 Å². The summed E-state index contributed by atoms with van der Waals surface area (Å²) in [5.74, 6) is 0.671. The molecule has 100 valence electrons. The molecule has 0 aliphatic carbocycles. The van der Waals surface area contributed by atoms with Gasteiger partial charge in [0.1, 0.15) is 11.1 Å². The summed E-state index contributed by atoms with van der Waals surface area (Å²) in [4.78, 5) is 11.5. The predicted molar refractivity (Wildman–Crippen MR) is 74.1 cm³/mol. The minimum absolute atomic E-state index is 0.0631. The number of halogens is 1. The van der Waals surface area contributed by atoms with Crippen LogP contribution in [-0.4, -0.2) is 17.4 Å². The number of carbonyl (C=O) groups is 1. The van der Waals surface area contributed by atoms with Crippen LogP contribution in [0.2, 0.25) is 0 Å². The number of rotatable bonds is 5. The number of ether oxygens (including phenoxy) is 1. The average molecular weight is 270 g/mol. The van der Waals surface area contributed by atoms with Crippen LogP contribution in [0.15, 0.2) is 24.3 Å². The lowest BCUT2D eigenvalue weighted by Crippen LogP contribution is -2.31. The second-order valence-electron chi connectivity index (χ2n) is 4.58. The predicted octanol–water partition coefficient (Wildman–Crippen LogP) is 3.28. The van der Waals surface area contributed by atoms with Crippen LogP contribution in [0.5, 0.6) is 5.75 Å². The second kappa shape index (κ2) is 6.64. The molecule has 1 N–H and O–H groups in total. The highest BCUT2D eigenvalue weighted by molar-refractivity contribution is 6.30. The van der Waals surface area contributed by atoms with E-state index in [1.807, 2.05) is 45.0 Å². The van der Waals surface area contributed by atoms with E-state index in [1.165, 1.54) is 0 Å². The van der Waals surface area contributed by atoms with Crippen molar-refractivity contribution in [2.24, 2.45) is 0 Å². The minimum atomic E-state index is -0.518. The molecule has 2 unspecified atom stereocenters. The Morgan fingerprint density at radius 3 is 2.17 bits per heavy atom. The van der Waals surface area contributed by atoms with Crippen LogP contribution in [0.3, 0.4) is 0 Å². The maximum absolute atomic E-state index is 11.5. The molecule has 1 aromatic carbocycles. The Labute approximate surface area is 113 Å². The van der Waals surface area contributed by atoms with E-state index in [2.05, 4.69) is 5.32 Å². The lowest BCUT2D eigenvalue weighted by Gasteiger charge is -2.16. The zero-order valence-corrected chi connectivity index (χ0v) is 12.0. The lowest BCUT2D eigenvalue weighted by molar-refractivity contribution is -0.121. The smallest absolute Gasteiger partial charge is 0.238 e. The second-order valence-corrected chi connectivity index (χ2v) is 5.24. The van der Waals surface area contributed by atoms with Crippen LogP contribution in [0, 0.1) is 0 Å². The van der Waals surface area contributed by atoms with Gasteiger partial charge in [-0.3, -0.25) is 4.79 Å². The summed E-state index contributed by atoms with van der Waals surface area (Å²) in [7, 11) is 0. The van der Waals surface area contributed by atoms with E-state index < -0.39 is 5.38 Å². The summed E-state index contributed by atoms with van der Waals surface area (Å²) in [6, 6.07) is 7.64. The molecule has 0 radical (unpaired) electrons. The number of benzene rings is 1. The molecule has 0 saturated carbocycles. The van der Waals surface area contributed by atoms with Gasteiger partial charge in [0.2, 0.25) is 5.91 Å². The van der Waals surface area contributed by atoms with Gasteiger partial charge >= 0.3 is 0 Å². The first-order chi connectivity index (χ1) is 8.40. The van der Waals surface area contributed by atoms with Crippen molar-refractivity contribution in [1.82, 2.24) is 5.32 Å². The molecule has 2 atom stereocenters. The van der Waals surface area contributed by atoms with Crippen LogP contribution in [-0.2, 0) is 4.79 Å². The Morgan fingerprint density at radius 1 is 1.17 bits per heavy atom. The van der Waals surface area contributed by atoms with Gasteiger partial charge in [-0.15, -0.1) is 11.6 Å². The first-order valence-corrected chi connectivity index (χ1v) is 6.55. The van der Waals surface area contributed by atoms with Gasteiger partial charge in [0.15, 0.2) is 0 Å². The lowest BCUT2D eigenvalue weighted by atomic mass is 10.1. The van der Waals surface area contributed by atoms with Gasteiger partial charge in [-0.25, -0.2) is 0 Å². The van der Waals surface area contributed by atoms with Gasteiger partial charge in [0.05, 0.1) is 12.1 Å². The first kappa shape index (κ1) is 14.8. The summed E-state index contributed by atoms with van der Waals surface area (Å²) in [6.45, 7) is 7.55. The standard InChI is InChI=1S/C14H20ClNO2/c1-9(2)18-13-7-5-12(6-8-13)11(4)16-14(17)10(3)15/h5-11H,1-4H3,(H,16,17). The summed E-state index contributed by atoms with van der Waals surface area (Å²) < 4.78 is 5.56. The van der Waals surface area contributed by atoms with Gasteiger partial charge in [0.25, 0.3) is 0 Å². The average Bonchev–Trinajstić information content (AvgIpc) is 2.28. The van der Waals surface area contributed by atoms with Crippen LogP contribution in [0.25, 0.3) is 0 Å². The van der Waals surface area contributed by atoms with Gasteiger partial charge < -0.3 is 10.1 Å². The molecule has 0 aromatic heterocycles. The molecule has 18 heavy (non-hydrogen) atoms. The fourth-order valence-corrected chi connectivity index (χ4v) is 1.58. The molecule has 0 aliphatic rings. The van der Waals surface area contributed by atoms with Gasteiger partial charge in [-0.05, 0) is 45.4 Å². The molecule has 0 spiro atoms. The molecule has 0 saturated heterocycles. The Kier molecular flexibility index (Phi) is 5.48. The Hall–Kier alpha value is -1.22. The minimum Gasteiger partial charge on any atom is -0.491 e. The van der Waals surface area contributed by atoms with Crippen molar-refractivity contribution < 1.29 is 9.53 Å². The highest BCUT2D eigenvalue weighted by Gasteiger charge is 2.13. The molecule has 0 fully saturated rings. The van der Waals surface area contributed by atoms with Crippen molar-refractivity contribution in [2.75, 3.05) is 0 Å². The molecule has 1 aromatic rings. The summed E-state index contributed by atoms with van der Waals surface area (Å²) >= 11 is 5.71. The third-order valence-corrected chi connectivity index (χ3v) is 2.67. The monoisotopic (exact) mass is 269 g/mol. The molecular weight excluding hydrogens is 250 g/mol. The quantitative estimate of drug-likeness (QED) is 0.833. The van der Waals surface area contributed by atoms with E-state index >= 15 is 0 Å². The maximum Gasteiger partial charge on any atom is 0.238 e.